The summed E-state index contributed by atoms with van der Waals surface area (Å²) in [4.78, 5) is 24.7. The third kappa shape index (κ3) is 4.04. The molecule has 1 unspecified atom stereocenters. The van der Waals surface area contributed by atoms with Gasteiger partial charge in [-0.1, -0.05) is 12.1 Å². The smallest absolute Gasteiger partial charge is 0.406 e. The fourth-order valence-electron chi connectivity index (χ4n) is 3.76. The molecule has 2 fully saturated rings. The normalized spacial score (nSPS) is 22.0. The second-order valence-corrected chi connectivity index (χ2v) is 7.82. The summed E-state index contributed by atoms with van der Waals surface area (Å²) in [5.74, 6) is -0.537. The monoisotopic (exact) mass is 384 g/mol. The predicted octanol–water partition coefficient (Wildman–Crippen LogP) is 3.18. The standard InChI is InChI=1S/C19H23F3N2O3/c1-17(2,12-4-6-13(7-5-12)27-19(20,21)22)16(26)23-14-8-9-15(25)24-18(14)10-3-11-18/h4-7,14H,3,8-11H2,1-2H3,(H,23,26)(H,24,25). The lowest BCUT2D eigenvalue weighted by atomic mass is 9.68. The molecular weight excluding hydrogens is 361 g/mol. The fraction of sp³-hybridized carbons (Fsp3) is 0.579. The predicted molar refractivity (Wildman–Crippen MR) is 92.0 cm³/mol. The lowest BCUT2D eigenvalue weighted by Crippen LogP contribution is -2.69. The quantitative estimate of drug-likeness (QED) is 0.838. The molecule has 3 rings (SSSR count). The highest BCUT2D eigenvalue weighted by Gasteiger charge is 2.49. The molecule has 1 spiro atoms. The Hall–Kier alpha value is -2.25. The summed E-state index contributed by atoms with van der Waals surface area (Å²) in [5, 5.41) is 6.09. The van der Waals surface area contributed by atoms with E-state index in [0.29, 0.717) is 18.4 Å². The van der Waals surface area contributed by atoms with E-state index in [1.54, 1.807) is 13.8 Å². The van der Waals surface area contributed by atoms with Gasteiger partial charge in [0.1, 0.15) is 5.75 Å². The van der Waals surface area contributed by atoms with E-state index in [-0.39, 0.29) is 29.1 Å². The minimum absolute atomic E-state index is 0.0136. The maximum atomic E-state index is 12.9. The highest BCUT2D eigenvalue weighted by Crippen LogP contribution is 2.39. The molecule has 148 valence electrons. The zero-order chi connectivity index (χ0) is 19.9. The van der Waals surface area contributed by atoms with Gasteiger partial charge in [-0.15, -0.1) is 13.2 Å². The van der Waals surface area contributed by atoms with Gasteiger partial charge in [0.2, 0.25) is 11.8 Å². The van der Waals surface area contributed by atoms with Crippen LogP contribution < -0.4 is 15.4 Å². The van der Waals surface area contributed by atoms with Gasteiger partial charge in [-0.2, -0.15) is 0 Å². The van der Waals surface area contributed by atoms with Gasteiger partial charge < -0.3 is 15.4 Å². The van der Waals surface area contributed by atoms with Crippen molar-refractivity contribution in [3.8, 4) is 5.75 Å². The summed E-state index contributed by atoms with van der Waals surface area (Å²) in [6.45, 7) is 3.44. The van der Waals surface area contributed by atoms with Crippen LogP contribution in [0.2, 0.25) is 0 Å². The van der Waals surface area contributed by atoms with Crippen molar-refractivity contribution in [2.45, 2.75) is 69.3 Å². The van der Waals surface area contributed by atoms with Crippen LogP contribution in [0.15, 0.2) is 24.3 Å². The summed E-state index contributed by atoms with van der Waals surface area (Å²) < 4.78 is 40.7. The van der Waals surface area contributed by atoms with Crippen molar-refractivity contribution >= 4 is 11.8 Å². The summed E-state index contributed by atoms with van der Waals surface area (Å²) in [5.41, 5.74) is -0.716. The second-order valence-electron chi connectivity index (χ2n) is 7.82. The van der Waals surface area contributed by atoms with Crippen LogP contribution in [0.25, 0.3) is 0 Å². The van der Waals surface area contributed by atoms with E-state index in [1.165, 1.54) is 24.3 Å². The van der Waals surface area contributed by atoms with Gasteiger partial charge in [0, 0.05) is 6.42 Å². The first-order chi connectivity index (χ1) is 12.5. The highest BCUT2D eigenvalue weighted by molar-refractivity contribution is 5.88. The number of carbonyl (C=O) groups excluding carboxylic acids is 2. The van der Waals surface area contributed by atoms with Gasteiger partial charge in [0.25, 0.3) is 0 Å². The minimum atomic E-state index is -4.75. The maximum Gasteiger partial charge on any atom is 0.573 e. The molecule has 0 radical (unpaired) electrons. The Bertz CT molecular complexity index is 725. The Morgan fingerprint density at radius 3 is 2.37 bits per heavy atom. The number of hydrogen-bond acceptors (Lipinski definition) is 3. The van der Waals surface area contributed by atoms with Crippen LogP contribution >= 0.6 is 0 Å². The number of benzene rings is 1. The van der Waals surface area contributed by atoms with Crippen LogP contribution in [-0.2, 0) is 15.0 Å². The SMILES string of the molecule is CC(C)(C(=O)NC1CCC(=O)NC12CCC2)c1ccc(OC(F)(F)F)cc1. The van der Waals surface area contributed by atoms with E-state index >= 15 is 0 Å². The first-order valence-electron chi connectivity index (χ1n) is 9.00. The van der Waals surface area contributed by atoms with Crippen LogP contribution in [0.1, 0.15) is 51.5 Å². The van der Waals surface area contributed by atoms with Gasteiger partial charge in [-0.05, 0) is 57.2 Å². The second kappa shape index (κ2) is 6.73. The van der Waals surface area contributed by atoms with E-state index in [2.05, 4.69) is 15.4 Å². The zero-order valence-electron chi connectivity index (χ0n) is 15.3. The summed E-state index contributed by atoms with van der Waals surface area (Å²) in [6, 6.07) is 5.19. The molecule has 1 saturated heterocycles. The van der Waals surface area contributed by atoms with Crippen molar-refractivity contribution in [1.29, 1.82) is 0 Å². The molecule has 2 N–H and O–H groups in total. The van der Waals surface area contributed by atoms with E-state index in [9.17, 15) is 22.8 Å². The summed E-state index contributed by atoms with van der Waals surface area (Å²) in [6.07, 6.45) is -1.10. The lowest BCUT2D eigenvalue weighted by molar-refractivity contribution is -0.274. The van der Waals surface area contributed by atoms with Crippen LogP contribution in [0.3, 0.4) is 0 Å². The Labute approximate surface area is 155 Å². The first-order valence-corrected chi connectivity index (χ1v) is 9.00. The molecule has 1 aromatic carbocycles. The molecule has 1 atom stereocenters. The third-order valence-corrected chi connectivity index (χ3v) is 5.64. The molecule has 27 heavy (non-hydrogen) atoms. The van der Waals surface area contributed by atoms with Crippen LogP contribution in [0, 0.1) is 0 Å². The largest absolute Gasteiger partial charge is 0.573 e. The molecular formula is C19H23F3N2O3. The molecule has 8 heteroatoms. The number of nitrogens with one attached hydrogen (secondary N) is 2. The Balaban J connectivity index is 1.70. The number of piperidine rings is 1. The van der Waals surface area contributed by atoms with Crippen molar-refractivity contribution in [1.82, 2.24) is 10.6 Å². The molecule has 1 aliphatic heterocycles. The summed E-state index contributed by atoms with van der Waals surface area (Å²) >= 11 is 0. The fourth-order valence-corrected chi connectivity index (χ4v) is 3.76. The number of ether oxygens (including phenoxy) is 1. The van der Waals surface area contributed by atoms with Crippen LogP contribution in [0.5, 0.6) is 5.75 Å². The molecule has 5 nitrogen and oxygen atoms in total. The first kappa shape index (κ1) is 19.5. The Morgan fingerprint density at radius 1 is 1.22 bits per heavy atom. The Morgan fingerprint density at radius 2 is 1.85 bits per heavy atom. The third-order valence-electron chi connectivity index (χ3n) is 5.64. The number of halogens is 3. The van der Waals surface area contributed by atoms with Gasteiger partial charge >= 0.3 is 6.36 Å². The van der Waals surface area contributed by atoms with E-state index < -0.39 is 11.8 Å². The number of carbonyl (C=O) groups is 2. The molecule has 2 aliphatic rings. The molecule has 0 bridgehead atoms. The van der Waals surface area contributed by atoms with Gasteiger partial charge in [-0.25, -0.2) is 0 Å². The van der Waals surface area contributed by atoms with Crippen LogP contribution in [0.4, 0.5) is 13.2 Å². The number of rotatable bonds is 4. The molecule has 1 heterocycles. The average Bonchev–Trinajstić information content (AvgIpc) is 2.54. The summed E-state index contributed by atoms with van der Waals surface area (Å²) in [7, 11) is 0. The molecule has 2 amide bonds. The number of hydrogen-bond donors (Lipinski definition) is 2. The minimum Gasteiger partial charge on any atom is -0.406 e. The van der Waals surface area contributed by atoms with E-state index in [1.807, 2.05) is 0 Å². The van der Waals surface area contributed by atoms with Crippen LogP contribution in [-0.4, -0.2) is 29.8 Å². The molecule has 1 aromatic rings. The van der Waals surface area contributed by atoms with Crippen molar-refractivity contribution in [2.24, 2.45) is 0 Å². The molecule has 0 aromatic heterocycles. The van der Waals surface area contributed by atoms with Crippen molar-refractivity contribution < 1.29 is 27.5 Å². The number of amides is 2. The van der Waals surface area contributed by atoms with Crippen molar-refractivity contribution in [2.75, 3.05) is 0 Å². The molecule has 1 saturated carbocycles. The average molecular weight is 384 g/mol. The van der Waals surface area contributed by atoms with E-state index in [4.69, 9.17) is 0 Å². The maximum absolute atomic E-state index is 12.9. The van der Waals surface area contributed by atoms with Crippen molar-refractivity contribution in [3.63, 3.8) is 0 Å². The van der Waals surface area contributed by atoms with Crippen molar-refractivity contribution in [3.05, 3.63) is 29.8 Å². The van der Waals surface area contributed by atoms with Gasteiger partial charge in [-0.3, -0.25) is 9.59 Å². The van der Waals surface area contributed by atoms with E-state index in [0.717, 1.165) is 19.3 Å². The highest BCUT2D eigenvalue weighted by atomic mass is 19.4. The molecule has 1 aliphatic carbocycles. The van der Waals surface area contributed by atoms with Gasteiger partial charge in [0.05, 0.1) is 17.0 Å². The lowest BCUT2D eigenvalue weighted by Gasteiger charge is -2.51. The van der Waals surface area contributed by atoms with Gasteiger partial charge in [0.15, 0.2) is 0 Å². The topological polar surface area (TPSA) is 67.4 Å². The Kier molecular flexibility index (Phi) is 4.86. The number of alkyl halides is 3. The zero-order valence-corrected chi connectivity index (χ0v) is 15.3.